The molecule has 32 heavy (non-hydrogen) atoms. The van der Waals surface area contributed by atoms with Gasteiger partial charge in [-0.15, -0.1) is 0 Å². The normalized spacial score (nSPS) is 10.3. The average molecular weight is 433 g/mol. The molecule has 0 aliphatic carbocycles. The number of ether oxygens (including phenoxy) is 1. The molecule has 0 aliphatic heterocycles. The molecular weight excluding hydrogens is 404 g/mol. The number of carbonyl (C=O) groups excluding carboxylic acids is 2. The Morgan fingerprint density at radius 2 is 1.59 bits per heavy atom. The maximum atomic E-state index is 12.2. The minimum atomic E-state index is -0.212. The fraction of sp³-hybridized carbons (Fsp3) is 0.240. The van der Waals surface area contributed by atoms with Crippen molar-refractivity contribution < 1.29 is 14.3 Å². The minimum Gasteiger partial charge on any atom is -0.473 e. The Morgan fingerprint density at radius 1 is 0.906 bits per heavy atom. The van der Waals surface area contributed by atoms with Gasteiger partial charge >= 0.3 is 6.03 Å². The second kappa shape index (κ2) is 12.1. The lowest BCUT2D eigenvalue weighted by atomic mass is 10.2. The van der Waals surface area contributed by atoms with Gasteiger partial charge in [-0.2, -0.15) is 0 Å². The van der Waals surface area contributed by atoms with E-state index in [9.17, 15) is 9.59 Å². The van der Waals surface area contributed by atoms with Crippen molar-refractivity contribution in [1.29, 1.82) is 0 Å². The lowest BCUT2D eigenvalue weighted by Crippen LogP contribution is -2.38. The fourth-order valence-electron chi connectivity index (χ4n) is 3.01. The Morgan fingerprint density at radius 3 is 2.31 bits per heavy atom. The van der Waals surface area contributed by atoms with Gasteiger partial charge in [-0.05, 0) is 22.8 Å². The van der Waals surface area contributed by atoms with Crippen molar-refractivity contribution in [2.45, 2.75) is 26.1 Å². The molecule has 0 radical (unpaired) electrons. The van der Waals surface area contributed by atoms with Crippen LogP contribution in [0, 0.1) is 0 Å². The van der Waals surface area contributed by atoms with Crippen molar-refractivity contribution in [2.24, 2.45) is 0 Å². The predicted octanol–water partition coefficient (Wildman–Crippen LogP) is 3.51. The van der Waals surface area contributed by atoms with Crippen LogP contribution in [0.4, 0.5) is 4.79 Å². The number of hydrogen-bond donors (Lipinski definition) is 2. The van der Waals surface area contributed by atoms with Gasteiger partial charge in [0.2, 0.25) is 11.8 Å². The fourth-order valence-corrected chi connectivity index (χ4v) is 3.01. The van der Waals surface area contributed by atoms with Crippen molar-refractivity contribution in [3.05, 3.63) is 95.7 Å². The molecule has 0 atom stereocenters. The summed E-state index contributed by atoms with van der Waals surface area (Å²) in [5.74, 6) is 0.369. The summed E-state index contributed by atoms with van der Waals surface area (Å²) in [5.41, 5.74) is 3.00. The topological polar surface area (TPSA) is 83.6 Å². The first-order valence-electron chi connectivity index (χ1n) is 10.5. The molecule has 3 aromatic rings. The van der Waals surface area contributed by atoms with Crippen molar-refractivity contribution in [3.63, 3.8) is 0 Å². The first-order chi connectivity index (χ1) is 15.6. The number of benzene rings is 2. The van der Waals surface area contributed by atoms with Gasteiger partial charge in [0.05, 0.1) is 0 Å². The van der Waals surface area contributed by atoms with E-state index in [0.29, 0.717) is 25.6 Å². The van der Waals surface area contributed by atoms with Gasteiger partial charge in [0.25, 0.3) is 0 Å². The zero-order valence-corrected chi connectivity index (χ0v) is 18.2. The zero-order valence-electron chi connectivity index (χ0n) is 18.2. The highest BCUT2D eigenvalue weighted by atomic mass is 16.5. The molecule has 0 saturated carbocycles. The number of aromatic nitrogens is 1. The van der Waals surface area contributed by atoms with Crippen molar-refractivity contribution in [1.82, 2.24) is 20.5 Å². The summed E-state index contributed by atoms with van der Waals surface area (Å²) in [6.07, 6.45) is 1.86. The van der Waals surface area contributed by atoms with Crippen LogP contribution in [0.25, 0.3) is 0 Å². The van der Waals surface area contributed by atoms with Crippen LogP contribution in [0.3, 0.4) is 0 Å². The van der Waals surface area contributed by atoms with E-state index in [0.717, 1.165) is 16.7 Å². The van der Waals surface area contributed by atoms with E-state index in [-0.39, 0.29) is 24.9 Å². The van der Waals surface area contributed by atoms with Crippen LogP contribution >= 0.6 is 0 Å². The van der Waals surface area contributed by atoms with Crippen molar-refractivity contribution in [2.75, 3.05) is 13.6 Å². The molecule has 166 valence electrons. The molecule has 7 nitrogen and oxygen atoms in total. The Hall–Kier alpha value is -3.87. The summed E-state index contributed by atoms with van der Waals surface area (Å²) in [6.45, 7) is 1.58. The molecule has 3 rings (SSSR count). The molecule has 1 aromatic heterocycles. The number of rotatable bonds is 10. The summed E-state index contributed by atoms with van der Waals surface area (Å²) in [5, 5.41) is 5.62. The quantitative estimate of drug-likeness (QED) is 0.514. The van der Waals surface area contributed by atoms with Crippen molar-refractivity contribution >= 4 is 11.9 Å². The molecule has 0 spiro atoms. The number of nitrogens with one attached hydrogen (secondary N) is 2. The highest BCUT2D eigenvalue weighted by Gasteiger charge is 2.09. The number of urea groups is 1. The Balaban J connectivity index is 1.35. The average Bonchev–Trinajstić information content (AvgIpc) is 2.83. The second-order valence-electron chi connectivity index (χ2n) is 7.38. The van der Waals surface area contributed by atoms with Gasteiger partial charge in [-0.3, -0.25) is 4.79 Å². The molecular formula is C25H28N4O3. The van der Waals surface area contributed by atoms with Gasteiger partial charge < -0.3 is 20.3 Å². The highest BCUT2D eigenvalue weighted by molar-refractivity contribution is 5.78. The van der Waals surface area contributed by atoms with Crippen LogP contribution in [0.1, 0.15) is 23.1 Å². The van der Waals surface area contributed by atoms with Crippen molar-refractivity contribution in [3.8, 4) is 5.88 Å². The Kier molecular flexibility index (Phi) is 8.62. The predicted molar refractivity (Wildman–Crippen MR) is 123 cm³/mol. The standard InChI is InChI=1S/C25H28N4O3/c1-29(18-20-8-4-2-5-9-20)25(31)27-15-13-23(30)28-17-22-12-14-26-24(16-22)32-19-21-10-6-3-7-11-21/h2-12,14,16H,13,15,17-19H2,1H3,(H,27,31)(H,28,30). The number of amides is 3. The van der Waals surface area contributed by atoms with Gasteiger partial charge in [0.15, 0.2) is 0 Å². The largest absolute Gasteiger partial charge is 0.473 e. The Labute approximate surface area is 188 Å². The summed E-state index contributed by atoms with van der Waals surface area (Å²) in [4.78, 5) is 30.1. The first kappa shape index (κ1) is 22.8. The van der Waals surface area contributed by atoms with Gasteiger partial charge in [-0.1, -0.05) is 60.7 Å². The van der Waals surface area contributed by atoms with Crippen LogP contribution in [0.2, 0.25) is 0 Å². The molecule has 3 amide bonds. The molecule has 1 heterocycles. The summed E-state index contributed by atoms with van der Waals surface area (Å²) in [7, 11) is 1.73. The van der Waals surface area contributed by atoms with E-state index < -0.39 is 0 Å². The maximum Gasteiger partial charge on any atom is 0.317 e. The van der Waals surface area contributed by atoms with E-state index in [1.165, 1.54) is 0 Å². The zero-order chi connectivity index (χ0) is 22.6. The van der Waals surface area contributed by atoms with Gasteiger partial charge in [0, 0.05) is 45.4 Å². The third kappa shape index (κ3) is 7.75. The Bertz CT molecular complexity index is 996. The van der Waals surface area contributed by atoms with Crippen LogP contribution in [0.5, 0.6) is 5.88 Å². The van der Waals surface area contributed by atoms with Crippen LogP contribution in [-0.4, -0.2) is 35.4 Å². The number of hydrogen-bond acceptors (Lipinski definition) is 4. The molecule has 0 fully saturated rings. The lowest BCUT2D eigenvalue weighted by Gasteiger charge is -2.18. The monoisotopic (exact) mass is 432 g/mol. The molecule has 0 saturated heterocycles. The molecule has 2 aromatic carbocycles. The molecule has 7 heteroatoms. The smallest absolute Gasteiger partial charge is 0.317 e. The van der Waals surface area contributed by atoms with Gasteiger partial charge in [0.1, 0.15) is 6.61 Å². The van der Waals surface area contributed by atoms with Gasteiger partial charge in [-0.25, -0.2) is 9.78 Å². The van der Waals surface area contributed by atoms with E-state index in [1.807, 2.05) is 72.8 Å². The van der Waals surface area contributed by atoms with E-state index >= 15 is 0 Å². The van der Waals surface area contributed by atoms with Crippen LogP contribution in [-0.2, 0) is 24.5 Å². The van der Waals surface area contributed by atoms with E-state index in [2.05, 4.69) is 15.6 Å². The highest BCUT2D eigenvalue weighted by Crippen LogP contribution is 2.12. The molecule has 0 unspecified atom stereocenters. The molecule has 0 bridgehead atoms. The number of pyridine rings is 1. The summed E-state index contributed by atoms with van der Waals surface area (Å²) < 4.78 is 5.72. The summed E-state index contributed by atoms with van der Waals surface area (Å²) >= 11 is 0. The van der Waals surface area contributed by atoms with E-state index in [4.69, 9.17) is 4.74 Å². The number of nitrogens with zero attached hydrogens (tertiary/aromatic N) is 2. The third-order valence-corrected chi connectivity index (χ3v) is 4.76. The lowest BCUT2D eigenvalue weighted by molar-refractivity contribution is -0.121. The van der Waals surface area contributed by atoms with Crippen LogP contribution < -0.4 is 15.4 Å². The number of carbonyl (C=O) groups is 2. The molecule has 0 aliphatic rings. The third-order valence-electron chi connectivity index (χ3n) is 4.76. The minimum absolute atomic E-state index is 0.139. The SMILES string of the molecule is CN(Cc1ccccc1)C(=O)NCCC(=O)NCc1ccnc(OCc2ccccc2)c1. The molecule has 2 N–H and O–H groups in total. The second-order valence-corrected chi connectivity index (χ2v) is 7.38. The van der Waals surface area contributed by atoms with Crippen LogP contribution in [0.15, 0.2) is 79.0 Å². The first-order valence-corrected chi connectivity index (χ1v) is 10.5. The summed E-state index contributed by atoms with van der Waals surface area (Å²) in [6, 6.07) is 23.0. The van der Waals surface area contributed by atoms with E-state index in [1.54, 1.807) is 18.1 Å². The maximum absolute atomic E-state index is 12.2.